The van der Waals surface area contributed by atoms with Crippen LogP contribution in [0.15, 0.2) is 29.6 Å². The Morgan fingerprint density at radius 1 is 1.15 bits per heavy atom. The first-order valence-corrected chi connectivity index (χ1v) is 10.0. The molecule has 1 aromatic heterocycles. The molecule has 0 bridgehead atoms. The van der Waals surface area contributed by atoms with Gasteiger partial charge in [0.1, 0.15) is 5.01 Å². The number of thiazole rings is 1. The first-order chi connectivity index (χ1) is 12.6. The lowest BCUT2D eigenvalue weighted by molar-refractivity contribution is -0.151. The maximum Gasteiger partial charge on any atom is 0.312 e. The van der Waals surface area contributed by atoms with Gasteiger partial charge in [0.2, 0.25) is 0 Å². The van der Waals surface area contributed by atoms with Crippen LogP contribution in [0.3, 0.4) is 0 Å². The minimum Gasteiger partial charge on any atom is -0.455 e. The van der Waals surface area contributed by atoms with E-state index in [1.807, 2.05) is 23.6 Å². The average Bonchev–Trinajstić information content (AvgIpc) is 2.92. The number of hydrogen-bond donors (Lipinski definition) is 0. The molecule has 1 saturated heterocycles. The maximum absolute atomic E-state index is 12.2. The molecule has 138 valence electrons. The van der Waals surface area contributed by atoms with E-state index in [4.69, 9.17) is 16.3 Å². The zero-order chi connectivity index (χ0) is 18.4. The minimum absolute atomic E-state index is 0.0498. The standard InChI is InChI=1S/C19H21ClN2O3S/c20-16-8-4-3-7-15(16)19-21-14(13-26-19)11-18(24)25-12-17(23)22-9-5-1-2-6-10-22/h3-4,7-8,13H,1-2,5-6,9-12H2. The number of amides is 1. The van der Waals surface area contributed by atoms with Crippen molar-refractivity contribution in [2.75, 3.05) is 19.7 Å². The van der Waals surface area contributed by atoms with Crippen LogP contribution < -0.4 is 0 Å². The number of ether oxygens (including phenoxy) is 1. The molecule has 26 heavy (non-hydrogen) atoms. The molecule has 1 amide bonds. The summed E-state index contributed by atoms with van der Waals surface area (Å²) in [6, 6.07) is 7.45. The lowest BCUT2D eigenvalue weighted by atomic mass is 10.2. The molecule has 2 heterocycles. The van der Waals surface area contributed by atoms with Gasteiger partial charge in [0.25, 0.3) is 5.91 Å². The number of carbonyl (C=O) groups excluding carboxylic acids is 2. The molecule has 0 radical (unpaired) electrons. The third-order valence-corrected chi connectivity index (χ3v) is 5.55. The van der Waals surface area contributed by atoms with Gasteiger partial charge in [0, 0.05) is 24.0 Å². The van der Waals surface area contributed by atoms with E-state index < -0.39 is 5.97 Å². The summed E-state index contributed by atoms with van der Waals surface area (Å²) in [5.41, 5.74) is 1.47. The third kappa shape index (κ3) is 5.05. The molecule has 1 aliphatic rings. The van der Waals surface area contributed by atoms with Crippen molar-refractivity contribution in [2.45, 2.75) is 32.1 Å². The highest BCUT2D eigenvalue weighted by atomic mass is 35.5. The van der Waals surface area contributed by atoms with Crippen molar-refractivity contribution in [1.82, 2.24) is 9.88 Å². The van der Waals surface area contributed by atoms with Gasteiger partial charge in [-0.2, -0.15) is 0 Å². The lowest BCUT2D eigenvalue weighted by Gasteiger charge is -2.19. The van der Waals surface area contributed by atoms with E-state index in [1.165, 1.54) is 11.3 Å². The molecule has 1 fully saturated rings. The number of carbonyl (C=O) groups is 2. The molecule has 1 aromatic carbocycles. The maximum atomic E-state index is 12.2. The molecule has 0 saturated carbocycles. The number of esters is 1. The van der Waals surface area contributed by atoms with Crippen LogP contribution in [0.25, 0.3) is 10.6 Å². The molecule has 0 N–H and O–H groups in total. The Balaban J connectivity index is 1.51. The molecule has 1 aliphatic heterocycles. The Morgan fingerprint density at radius 3 is 2.62 bits per heavy atom. The van der Waals surface area contributed by atoms with E-state index in [9.17, 15) is 9.59 Å². The van der Waals surface area contributed by atoms with Gasteiger partial charge in [-0.15, -0.1) is 11.3 Å². The van der Waals surface area contributed by atoms with Gasteiger partial charge < -0.3 is 9.64 Å². The number of aromatic nitrogens is 1. The van der Waals surface area contributed by atoms with Crippen molar-refractivity contribution in [3.8, 4) is 10.6 Å². The van der Waals surface area contributed by atoms with Crippen molar-refractivity contribution < 1.29 is 14.3 Å². The van der Waals surface area contributed by atoms with Crippen LogP contribution in [-0.4, -0.2) is 41.5 Å². The second-order valence-corrected chi connectivity index (χ2v) is 7.52. The Labute approximate surface area is 161 Å². The summed E-state index contributed by atoms with van der Waals surface area (Å²) in [4.78, 5) is 30.4. The second kappa shape index (κ2) is 9.14. The number of benzene rings is 1. The zero-order valence-corrected chi connectivity index (χ0v) is 16.0. The van der Waals surface area contributed by atoms with Gasteiger partial charge >= 0.3 is 5.97 Å². The Kier molecular flexibility index (Phi) is 6.63. The summed E-state index contributed by atoms with van der Waals surface area (Å²) < 4.78 is 5.15. The topological polar surface area (TPSA) is 59.5 Å². The molecule has 0 unspecified atom stereocenters. The van der Waals surface area contributed by atoms with Crippen molar-refractivity contribution in [1.29, 1.82) is 0 Å². The molecule has 5 nitrogen and oxygen atoms in total. The summed E-state index contributed by atoms with van der Waals surface area (Å²) in [6.07, 6.45) is 4.39. The van der Waals surface area contributed by atoms with E-state index in [0.29, 0.717) is 10.7 Å². The van der Waals surface area contributed by atoms with Crippen LogP contribution in [0.1, 0.15) is 31.4 Å². The van der Waals surface area contributed by atoms with Crippen LogP contribution in [0.2, 0.25) is 5.02 Å². The first-order valence-electron chi connectivity index (χ1n) is 8.76. The van der Waals surface area contributed by atoms with E-state index in [1.54, 1.807) is 11.0 Å². The smallest absolute Gasteiger partial charge is 0.312 e. The highest BCUT2D eigenvalue weighted by Gasteiger charge is 2.18. The second-order valence-electron chi connectivity index (χ2n) is 6.26. The number of nitrogens with zero attached hydrogens (tertiary/aromatic N) is 2. The predicted molar refractivity (Wildman–Crippen MR) is 102 cm³/mol. The monoisotopic (exact) mass is 392 g/mol. The fraction of sp³-hybridized carbons (Fsp3) is 0.421. The molecular weight excluding hydrogens is 372 g/mol. The van der Waals surface area contributed by atoms with Crippen molar-refractivity contribution >= 4 is 34.8 Å². The van der Waals surface area contributed by atoms with E-state index >= 15 is 0 Å². The highest BCUT2D eigenvalue weighted by Crippen LogP contribution is 2.30. The molecule has 7 heteroatoms. The number of halogens is 1. The Hall–Kier alpha value is -1.92. The largest absolute Gasteiger partial charge is 0.455 e. The fourth-order valence-corrected chi connectivity index (χ4v) is 4.04. The van der Waals surface area contributed by atoms with E-state index in [0.717, 1.165) is 49.3 Å². The number of likely N-dealkylation sites (tertiary alicyclic amines) is 1. The quantitative estimate of drug-likeness (QED) is 0.723. The fourth-order valence-electron chi connectivity index (χ4n) is 2.90. The zero-order valence-electron chi connectivity index (χ0n) is 14.4. The molecule has 0 aliphatic carbocycles. The minimum atomic E-state index is -0.441. The number of rotatable bonds is 5. The molecule has 3 rings (SSSR count). The van der Waals surface area contributed by atoms with E-state index in [2.05, 4.69) is 4.98 Å². The van der Waals surface area contributed by atoms with Gasteiger partial charge in [-0.1, -0.05) is 42.6 Å². The van der Waals surface area contributed by atoms with Crippen LogP contribution in [-0.2, 0) is 20.7 Å². The van der Waals surface area contributed by atoms with Crippen LogP contribution in [0.4, 0.5) is 0 Å². The van der Waals surface area contributed by atoms with Gasteiger partial charge in [-0.3, -0.25) is 9.59 Å². The van der Waals surface area contributed by atoms with Crippen LogP contribution in [0, 0.1) is 0 Å². The summed E-state index contributed by atoms with van der Waals surface area (Å²) in [6.45, 7) is 1.31. The summed E-state index contributed by atoms with van der Waals surface area (Å²) in [7, 11) is 0. The Bertz CT molecular complexity index is 770. The predicted octanol–water partition coefficient (Wildman–Crippen LogP) is 3.95. The van der Waals surface area contributed by atoms with Gasteiger partial charge in [-0.25, -0.2) is 4.98 Å². The van der Waals surface area contributed by atoms with E-state index in [-0.39, 0.29) is 18.9 Å². The molecule has 0 spiro atoms. The number of hydrogen-bond acceptors (Lipinski definition) is 5. The molecule has 2 aromatic rings. The summed E-state index contributed by atoms with van der Waals surface area (Å²) in [5, 5.41) is 3.20. The molecule has 0 atom stereocenters. The van der Waals surface area contributed by atoms with Crippen LogP contribution >= 0.6 is 22.9 Å². The van der Waals surface area contributed by atoms with Crippen molar-refractivity contribution in [3.63, 3.8) is 0 Å². The van der Waals surface area contributed by atoms with Crippen molar-refractivity contribution in [2.24, 2.45) is 0 Å². The van der Waals surface area contributed by atoms with Gasteiger partial charge in [0.15, 0.2) is 6.61 Å². The van der Waals surface area contributed by atoms with Gasteiger partial charge in [-0.05, 0) is 18.9 Å². The third-order valence-electron chi connectivity index (χ3n) is 4.30. The highest BCUT2D eigenvalue weighted by molar-refractivity contribution is 7.13. The Morgan fingerprint density at radius 2 is 1.88 bits per heavy atom. The molecular formula is C19H21ClN2O3S. The van der Waals surface area contributed by atoms with Crippen LogP contribution in [0.5, 0.6) is 0 Å². The van der Waals surface area contributed by atoms with Crippen molar-refractivity contribution in [3.05, 3.63) is 40.4 Å². The summed E-state index contributed by atoms with van der Waals surface area (Å²) >= 11 is 7.61. The lowest BCUT2D eigenvalue weighted by Crippen LogP contribution is -2.35. The normalized spacial score (nSPS) is 14.7. The van der Waals surface area contributed by atoms with Gasteiger partial charge in [0.05, 0.1) is 17.1 Å². The summed E-state index contributed by atoms with van der Waals surface area (Å²) in [5.74, 6) is -0.556. The first kappa shape index (κ1) is 18.9. The SMILES string of the molecule is O=C(Cc1csc(-c2ccccc2Cl)n1)OCC(=O)N1CCCCCC1. The average molecular weight is 393 g/mol.